The van der Waals surface area contributed by atoms with Gasteiger partial charge in [0.25, 0.3) is 0 Å². The molecular weight excluding hydrogens is 522 g/mol. The topological polar surface area (TPSA) is 119 Å². The number of likely N-dealkylation sites (tertiary alicyclic amines) is 1. The van der Waals surface area contributed by atoms with Gasteiger partial charge in [-0.05, 0) is 18.2 Å². The molecule has 196 valence electrons. The molecule has 3 aromatic rings. The molecule has 0 spiro atoms. The van der Waals surface area contributed by atoms with E-state index in [2.05, 4.69) is 15.4 Å². The van der Waals surface area contributed by atoms with E-state index in [1.54, 1.807) is 0 Å². The summed E-state index contributed by atoms with van der Waals surface area (Å²) in [5.41, 5.74) is 5.60. The number of fused-ring (bicyclic) bond motifs is 1. The van der Waals surface area contributed by atoms with Crippen molar-refractivity contribution in [1.29, 1.82) is 0 Å². The second kappa shape index (κ2) is 10.5. The Bertz CT molecular complexity index is 1370. The van der Waals surface area contributed by atoms with Gasteiger partial charge in [0.05, 0.1) is 22.8 Å². The fourth-order valence-corrected chi connectivity index (χ4v) is 4.29. The molecule has 0 aliphatic carbocycles. The van der Waals surface area contributed by atoms with Gasteiger partial charge in [-0.2, -0.15) is 8.78 Å². The van der Waals surface area contributed by atoms with Gasteiger partial charge in [-0.25, -0.2) is 18.4 Å². The number of nitrogens with one attached hydrogen (secondary N) is 2. The first kappa shape index (κ1) is 26.1. The number of aromatic nitrogens is 1. The number of amides is 4. The van der Waals surface area contributed by atoms with Gasteiger partial charge in [-0.3, -0.25) is 9.36 Å². The first-order valence-corrected chi connectivity index (χ1v) is 11.2. The van der Waals surface area contributed by atoms with Crippen molar-refractivity contribution in [3.8, 4) is 5.75 Å². The zero-order chi connectivity index (χ0) is 26.9. The number of carbonyl (C=O) groups excluding carboxylic acids is 3. The monoisotopic (exact) mass is 541 g/mol. The van der Waals surface area contributed by atoms with Crippen molar-refractivity contribution in [2.45, 2.75) is 31.8 Å². The van der Waals surface area contributed by atoms with Crippen molar-refractivity contribution in [2.24, 2.45) is 5.73 Å². The summed E-state index contributed by atoms with van der Waals surface area (Å²) in [7, 11) is 0. The number of hydrogen-bond donors (Lipinski definition) is 3. The van der Waals surface area contributed by atoms with Crippen molar-refractivity contribution in [3.63, 3.8) is 0 Å². The van der Waals surface area contributed by atoms with E-state index in [-0.39, 0.29) is 45.9 Å². The molecule has 0 saturated carbocycles. The highest BCUT2D eigenvalue weighted by Crippen LogP contribution is 2.31. The van der Waals surface area contributed by atoms with E-state index in [0.717, 1.165) is 21.7 Å². The Morgan fingerprint density at radius 2 is 1.97 bits per heavy atom. The molecule has 1 fully saturated rings. The first-order valence-electron chi connectivity index (χ1n) is 10.9. The van der Waals surface area contributed by atoms with Crippen LogP contribution in [0.3, 0.4) is 0 Å². The molecule has 2 aromatic carbocycles. The summed E-state index contributed by atoms with van der Waals surface area (Å²) in [4.78, 5) is 38.6. The summed E-state index contributed by atoms with van der Waals surface area (Å²) in [6.45, 7) is -3.73. The number of halogens is 5. The van der Waals surface area contributed by atoms with Crippen LogP contribution in [-0.2, 0) is 11.3 Å². The fourth-order valence-electron chi connectivity index (χ4n) is 4.09. The quantitative estimate of drug-likeness (QED) is 0.405. The Morgan fingerprint density at radius 1 is 1.22 bits per heavy atom. The van der Waals surface area contributed by atoms with Crippen LogP contribution in [0, 0.1) is 5.82 Å². The molecule has 2 heterocycles. The third-order valence-electron chi connectivity index (χ3n) is 5.78. The number of carbonyl (C=O) groups is 3. The molecule has 37 heavy (non-hydrogen) atoms. The van der Waals surface area contributed by atoms with Crippen LogP contribution in [-0.4, -0.2) is 52.8 Å². The molecule has 1 aliphatic heterocycles. The molecule has 1 saturated heterocycles. The average molecular weight is 542 g/mol. The van der Waals surface area contributed by atoms with E-state index >= 15 is 0 Å². The molecular formula is C23H20ClF4N5O4. The first-order chi connectivity index (χ1) is 17.5. The zero-order valence-corrected chi connectivity index (χ0v) is 19.6. The van der Waals surface area contributed by atoms with Crippen molar-refractivity contribution < 1.29 is 36.7 Å². The highest BCUT2D eigenvalue weighted by molar-refractivity contribution is 6.30. The molecule has 0 radical (unpaired) electrons. The lowest BCUT2D eigenvalue weighted by atomic mass is 10.1. The number of alkyl halides is 3. The van der Waals surface area contributed by atoms with Gasteiger partial charge in [-0.1, -0.05) is 23.7 Å². The summed E-state index contributed by atoms with van der Waals surface area (Å²) in [5, 5.41) is 5.11. The molecule has 4 rings (SSSR count). The maximum absolute atomic E-state index is 14.3. The second-order valence-electron chi connectivity index (χ2n) is 8.17. The van der Waals surface area contributed by atoms with E-state index in [4.69, 9.17) is 17.3 Å². The Morgan fingerprint density at radius 3 is 2.68 bits per heavy atom. The summed E-state index contributed by atoms with van der Waals surface area (Å²) in [6, 6.07) is 4.92. The minimum absolute atomic E-state index is 0.0601. The van der Waals surface area contributed by atoms with E-state index < -0.39 is 49.2 Å². The number of primary amides is 1. The predicted molar refractivity (Wildman–Crippen MR) is 126 cm³/mol. The van der Waals surface area contributed by atoms with Gasteiger partial charge < -0.3 is 26.0 Å². The lowest BCUT2D eigenvalue weighted by Crippen LogP contribution is -2.47. The van der Waals surface area contributed by atoms with E-state index in [9.17, 15) is 31.9 Å². The van der Waals surface area contributed by atoms with E-state index in [0.29, 0.717) is 0 Å². The molecule has 2 atom stereocenters. The third-order valence-corrected chi connectivity index (χ3v) is 6.07. The number of anilines is 1. The number of rotatable bonds is 6. The lowest BCUT2D eigenvalue weighted by Gasteiger charge is -2.24. The number of ether oxygens (including phenoxy) is 1. The normalized spacial score (nSPS) is 17.3. The summed E-state index contributed by atoms with van der Waals surface area (Å²) in [6.07, 6.45) is -0.614. The molecule has 14 heteroatoms. The molecule has 1 aromatic heterocycles. The smallest absolute Gasteiger partial charge is 0.387 e. The highest BCUT2D eigenvalue weighted by Gasteiger charge is 2.40. The third kappa shape index (κ3) is 5.56. The predicted octanol–water partition coefficient (Wildman–Crippen LogP) is 4.22. The van der Waals surface area contributed by atoms with Gasteiger partial charge >= 0.3 is 18.7 Å². The molecule has 1 aliphatic rings. The molecule has 4 amide bonds. The lowest BCUT2D eigenvalue weighted by molar-refractivity contribution is -0.124. The Labute approximate surface area is 212 Å². The Kier molecular flexibility index (Phi) is 7.43. The van der Waals surface area contributed by atoms with Crippen molar-refractivity contribution >= 4 is 46.2 Å². The van der Waals surface area contributed by atoms with Crippen LogP contribution in [0.5, 0.6) is 5.75 Å². The number of nitrogens with two attached hydrogens (primary N) is 1. The minimum Gasteiger partial charge on any atom is -0.435 e. The zero-order valence-electron chi connectivity index (χ0n) is 18.9. The molecule has 9 nitrogen and oxygen atoms in total. The van der Waals surface area contributed by atoms with Crippen LogP contribution >= 0.6 is 11.6 Å². The molecule has 0 unspecified atom stereocenters. The number of nitrogens with zero attached hydrogens (tertiary/aromatic N) is 2. The fraction of sp³-hybridized carbons (Fsp3) is 0.261. The van der Waals surface area contributed by atoms with Crippen LogP contribution in [0.1, 0.15) is 12.0 Å². The number of hydrogen-bond acceptors (Lipinski definition) is 4. The summed E-state index contributed by atoms with van der Waals surface area (Å²) in [5.74, 6) is -1.65. The molecule has 0 bridgehead atoms. The van der Waals surface area contributed by atoms with Gasteiger partial charge in [0.15, 0.2) is 0 Å². The van der Waals surface area contributed by atoms with E-state index in [1.807, 2.05) is 0 Å². The summed E-state index contributed by atoms with van der Waals surface area (Å²) >= 11 is 5.74. The molecule has 4 N–H and O–H groups in total. The van der Waals surface area contributed by atoms with Gasteiger partial charge in [0.1, 0.15) is 23.8 Å². The Balaban J connectivity index is 1.52. The van der Waals surface area contributed by atoms with Gasteiger partial charge in [0, 0.05) is 36.2 Å². The van der Waals surface area contributed by atoms with Crippen molar-refractivity contribution in [3.05, 3.63) is 59.0 Å². The van der Waals surface area contributed by atoms with Crippen LogP contribution in [0.2, 0.25) is 5.02 Å². The maximum atomic E-state index is 14.3. The van der Waals surface area contributed by atoms with Crippen LogP contribution < -0.4 is 21.1 Å². The standard InChI is InChI=1S/C23H20ClF4N5O4/c24-15-3-1-2-11(19(15)26)8-30-20(34)18-6-12(25)9-33(18)23(36)31-16-10-32(22(29)35)17-7-13(37-21(27)28)4-5-14(16)17/h1-5,7,10,12,18,21H,6,8-9H2,(H2,29,35)(H,30,34)(H,31,36)/t12-,18+/m1/s1. The largest absolute Gasteiger partial charge is 0.435 e. The average Bonchev–Trinajstić information content (AvgIpc) is 3.40. The minimum atomic E-state index is -3.10. The maximum Gasteiger partial charge on any atom is 0.387 e. The van der Waals surface area contributed by atoms with Crippen LogP contribution in [0.4, 0.5) is 32.8 Å². The van der Waals surface area contributed by atoms with Crippen LogP contribution in [0.25, 0.3) is 10.9 Å². The Hall–Kier alpha value is -4.00. The van der Waals surface area contributed by atoms with Crippen molar-refractivity contribution in [1.82, 2.24) is 14.8 Å². The van der Waals surface area contributed by atoms with Crippen molar-refractivity contribution in [2.75, 3.05) is 11.9 Å². The van der Waals surface area contributed by atoms with Crippen LogP contribution in [0.15, 0.2) is 42.6 Å². The highest BCUT2D eigenvalue weighted by atomic mass is 35.5. The van der Waals surface area contributed by atoms with Gasteiger partial charge in [0.2, 0.25) is 5.91 Å². The number of benzene rings is 2. The summed E-state index contributed by atoms with van der Waals surface area (Å²) < 4.78 is 58.8. The SMILES string of the molecule is NC(=O)n1cc(NC(=O)N2C[C@H](F)C[C@H]2C(=O)NCc2cccc(Cl)c2F)c2ccc(OC(F)F)cc21. The van der Waals surface area contributed by atoms with E-state index in [1.165, 1.54) is 30.3 Å². The second-order valence-corrected chi connectivity index (χ2v) is 8.58. The van der Waals surface area contributed by atoms with Gasteiger partial charge in [-0.15, -0.1) is 0 Å². The number of urea groups is 1.